The van der Waals surface area contributed by atoms with E-state index in [9.17, 15) is 9.59 Å². The molecule has 0 aliphatic carbocycles. The zero-order valence-corrected chi connectivity index (χ0v) is 6.90. The van der Waals surface area contributed by atoms with Gasteiger partial charge in [0.05, 0.1) is 12.0 Å². The third-order valence-electron chi connectivity index (χ3n) is 2.18. The molecule has 4 nitrogen and oxygen atoms in total. The standard InChI is InChI=1S/C8H12O4/c1-5(8(10)11)7-3-2-6(4-9)12-7/h4-7H,2-3H2,1H3,(H,10,11). The van der Waals surface area contributed by atoms with Crippen LogP contribution in [0.1, 0.15) is 19.8 Å². The highest BCUT2D eigenvalue weighted by atomic mass is 16.5. The van der Waals surface area contributed by atoms with E-state index in [0.717, 1.165) is 6.29 Å². The summed E-state index contributed by atoms with van der Waals surface area (Å²) >= 11 is 0. The topological polar surface area (TPSA) is 63.6 Å². The Morgan fingerprint density at radius 1 is 1.67 bits per heavy atom. The molecule has 1 aliphatic heterocycles. The van der Waals surface area contributed by atoms with Gasteiger partial charge in [-0.1, -0.05) is 0 Å². The third kappa shape index (κ3) is 1.82. The van der Waals surface area contributed by atoms with Crippen molar-refractivity contribution in [3.63, 3.8) is 0 Å². The molecule has 0 bridgehead atoms. The molecule has 12 heavy (non-hydrogen) atoms. The molecule has 0 aromatic rings. The van der Waals surface area contributed by atoms with Crippen LogP contribution in [-0.4, -0.2) is 29.6 Å². The first-order valence-corrected chi connectivity index (χ1v) is 3.98. The highest BCUT2D eigenvalue weighted by Gasteiger charge is 2.32. The van der Waals surface area contributed by atoms with E-state index in [4.69, 9.17) is 9.84 Å². The average Bonchev–Trinajstić information content (AvgIpc) is 2.50. The largest absolute Gasteiger partial charge is 0.481 e. The van der Waals surface area contributed by atoms with Crippen LogP contribution < -0.4 is 0 Å². The van der Waals surface area contributed by atoms with Gasteiger partial charge < -0.3 is 14.6 Å². The summed E-state index contributed by atoms with van der Waals surface area (Å²) in [6, 6.07) is 0. The minimum Gasteiger partial charge on any atom is -0.481 e. The molecule has 3 atom stereocenters. The van der Waals surface area contributed by atoms with Crippen LogP contribution in [0.4, 0.5) is 0 Å². The molecule has 3 unspecified atom stereocenters. The highest BCUT2D eigenvalue weighted by Crippen LogP contribution is 2.24. The predicted molar refractivity (Wildman–Crippen MR) is 40.8 cm³/mol. The smallest absolute Gasteiger partial charge is 0.308 e. The van der Waals surface area contributed by atoms with Crippen molar-refractivity contribution < 1.29 is 19.4 Å². The van der Waals surface area contributed by atoms with Gasteiger partial charge >= 0.3 is 5.97 Å². The van der Waals surface area contributed by atoms with Gasteiger partial charge in [0.2, 0.25) is 0 Å². The molecule has 0 radical (unpaired) electrons. The van der Waals surface area contributed by atoms with Crippen LogP contribution in [0.15, 0.2) is 0 Å². The Balaban J connectivity index is 2.46. The summed E-state index contributed by atoms with van der Waals surface area (Å²) in [5.74, 6) is -1.39. The van der Waals surface area contributed by atoms with E-state index in [-0.39, 0.29) is 6.10 Å². The summed E-state index contributed by atoms with van der Waals surface area (Å²) in [5, 5.41) is 8.63. The van der Waals surface area contributed by atoms with Crippen LogP contribution in [0.5, 0.6) is 0 Å². The van der Waals surface area contributed by atoms with Crippen molar-refractivity contribution >= 4 is 12.3 Å². The van der Waals surface area contributed by atoms with Crippen molar-refractivity contribution in [1.29, 1.82) is 0 Å². The lowest BCUT2D eigenvalue weighted by atomic mass is 10.0. The number of aldehydes is 1. The van der Waals surface area contributed by atoms with Gasteiger partial charge in [-0.05, 0) is 19.8 Å². The number of ether oxygens (including phenoxy) is 1. The van der Waals surface area contributed by atoms with Crippen LogP contribution in [-0.2, 0) is 14.3 Å². The minimum atomic E-state index is -0.869. The molecule has 1 saturated heterocycles. The average molecular weight is 172 g/mol. The number of hydrogen-bond acceptors (Lipinski definition) is 3. The molecule has 0 amide bonds. The van der Waals surface area contributed by atoms with Gasteiger partial charge in [0.25, 0.3) is 0 Å². The molecule has 0 saturated carbocycles. The van der Waals surface area contributed by atoms with E-state index in [1.165, 1.54) is 0 Å². The molecule has 1 N–H and O–H groups in total. The monoisotopic (exact) mass is 172 g/mol. The van der Waals surface area contributed by atoms with Crippen molar-refractivity contribution in [3.8, 4) is 0 Å². The first kappa shape index (κ1) is 9.19. The molecule has 1 rings (SSSR count). The number of carboxylic acids is 1. The second-order valence-electron chi connectivity index (χ2n) is 3.05. The third-order valence-corrected chi connectivity index (χ3v) is 2.18. The van der Waals surface area contributed by atoms with E-state index in [1.807, 2.05) is 0 Å². The maximum atomic E-state index is 10.5. The first-order chi connectivity index (χ1) is 5.65. The SMILES string of the molecule is CC(C(=O)O)C1CCC(C=O)O1. The molecule has 1 aliphatic rings. The normalized spacial score (nSPS) is 31.4. The van der Waals surface area contributed by atoms with E-state index >= 15 is 0 Å². The fourth-order valence-electron chi connectivity index (χ4n) is 1.32. The number of carbonyl (C=O) groups is 2. The maximum Gasteiger partial charge on any atom is 0.308 e. The molecule has 1 fully saturated rings. The van der Waals surface area contributed by atoms with Crippen molar-refractivity contribution in [2.75, 3.05) is 0 Å². The highest BCUT2D eigenvalue weighted by molar-refractivity contribution is 5.70. The fraction of sp³-hybridized carbons (Fsp3) is 0.750. The molecular weight excluding hydrogens is 160 g/mol. The summed E-state index contributed by atoms with van der Waals surface area (Å²) < 4.78 is 5.18. The van der Waals surface area contributed by atoms with Crippen molar-refractivity contribution in [1.82, 2.24) is 0 Å². The lowest BCUT2D eigenvalue weighted by Gasteiger charge is -2.14. The summed E-state index contributed by atoms with van der Waals surface area (Å²) in [6.45, 7) is 1.60. The van der Waals surface area contributed by atoms with Crippen LogP contribution in [0.2, 0.25) is 0 Å². The van der Waals surface area contributed by atoms with Crippen LogP contribution in [0.3, 0.4) is 0 Å². The number of hydrogen-bond donors (Lipinski definition) is 1. The van der Waals surface area contributed by atoms with Gasteiger partial charge in [0, 0.05) is 0 Å². The van der Waals surface area contributed by atoms with Gasteiger partial charge in [-0.3, -0.25) is 4.79 Å². The number of aliphatic carboxylic acids is 1. The van der Waals surface area contributed by atoms with Gasteiger partial charge in [-0.15, -0.1) is 0 Å². The molecule has 0 spiro atoms. The molecule has 0 aromatic heterocycles. The van der Waals surface area contributed by atoms with Crippen LogP contribution >= 0.6 is 0 Å². The zero-order valence-electron chi connectivity index (χ0n) is 6.90. The van der Waals surface area contributed by atoms with Gasteiger partial charge in [-0.25, -0.2) is 0 Å². The Bertz CT molecular complexity index is 189. The summed E-state index contributed by atoms with van der Waals surface area (Å²) in [5.41, 5.74) is 0. The quantitative estimate of drug-likeness (QED) is 0.628. The summed E-state index contributed by atoms with van der Waals surface area (Å²) in [6.07, 6.45) is 1.35. The van der Waals surface area contributed by atoms with Gasteiger partial charge in [0.15, 0.2) is 0 Å². The second-order valence-corrected chi connectivity index (χ2v) is 3.05. The molecule has 1 heterocycles. The zero-order chi connectivity index (χ0) is 9.14. The van der Waals surface area contributed by atoms with E-state index in [2.05, 4.69) is 0 Å². The van der Waals surface area contributed by atoms with Crippen molar-refractivity contribution in [2.24, 2.45) is 5.92 Å². The molecule has 4 heteroatoms. The lowest BCUT2D eigenvalue weighted by Crippen LogP contribution is -2.26. The first-order valence-electron chi connectivity index (χ1n) is 3.98. The summed E-state index contributed by atoms with van der Waals surface area (Å²) in [4.78, 5) is 20.8. The Morgan fingerprint density at radius 2 is 2.33 bits per heavy atom. The van der Waals surface area contributed by atoms with E-state index in [0.29, 0.717) is 12.8 Å². The van der Waals surface area contributed by atoms with Crippen LogP contribution in [0, 0.1) is 5.92 Å². The van der Waals surface area contributed by atoms with E-state index < -0.39 is 18.0 Å². The fourth-order valence-corrected chi connectivity index (χ4v) is 1.32. The Labute approximate surface area is 70.5 Å². The van der Waals surface area contributed by atoms with E-state index in [1.54, 1.807) is 6.92 Å². The number of carboxylic acid groups (broad SMARTS) is 1. The number of carbonyl (C=O) groups excluding carboxylic acids is 1. The van der Waals surface area contributed by atoms with Gasteiger partial charge in [0.1, 0.15) is 12.4 Å². The van der Waals surface area contributed by atoms with Crippen LogP contribution in [0.25, 0.3) is 0 Å². The maximum absolute atomic E-state index is 10.5. The summed E-state index contributed by atoms with van der Waals surface area (Å²) in [7, 11) is 0. The molecule has 68 valence electrons. The molecular formula is C8H12O4. The van der Waals surface area contributed by atoms with Gasteiger partial charge in [-0.2, -0.15) is 0 Å². The predicted octanol–water partition coefficient (Wildman–Crippen LogP) is 0.454. The Kier molecular flexibility index (Phi) is 2.81. The molecule has 0 aromatic carbocycles. The van der Waals surface area contributed by atoms with Crippen molar-refractivity contribution in [3.05, 3.63) is 0 Å². The Morgan fingerprint density at radius 3 is 2.75 bits per heavy atom. The second kappa shape index (κ2) is 3.67. The minimum absolute atomic E-state index is 0.294. The lowest BCUT2D eigenvalue weighted by molar-refractivity contribution is -0.147. The van der Waals surface area contributed by atoms with Crippen molar-refractivity contribution in [2.45, 2.75) is 32.0 Å². The Hall–Kier alpha value is -0.900. The number of rotatable bonds is 3.